The van der Waals surface area contributed by atoms with Crippen molar-refractivity contribution in [1.82, 2.24) is 19.3 Å². The fourth-order valence-corrected chi connectivity index (χ4v) is 4.65. The number of nitrogens with zero attached hydrogens (tertiary/aromatic N) is 4. The Balaban J connectivity index is 1.76. The van der Waals surface area contributed by atoms with E-state index in [1.165, 1.54) is 0 Å². The van der Waals surface area contributed by atoms with Crippen molar-refractivity contribution in [1.29, 1.82) is 0 Å². The summed E-state index contributed by atoms with van der Waals surface area (Å²) in [5.74, 6) is 0.186. The van der Waals surface area contributed by atoms with Gasteiger partial charge in [-0.15, -0.1) is 0 Å². The smallest absolute Gasteiger partial charge is 0.269 e. The van der Waals surface area contributed by atoms with E-state index in [4.69, 9.17) is 5.73 Å². The zero-order valence-corrected chi connectivity index (χ0v) is 16.2. The molecule has 2 aliphatic heterocycles. The van der Waals surface area contributed by atoms with Gasteiger partial charge in [0.05, 0.1) is 10.2 Å². The van der Waals surface area contributed by atoms with E-state index < -0.39 is 5.91 Å². The van der Waals surface area contributed by atoms with Crippen LogP contribution in [0.5, 0.6) is 0 Å². The van der Waals surface area contributed by atoms with Crippen LogP contribution in [0.2, 0.25) is 0 Å². The summed E-state index contributed by atoms with van der Waals surface area (Å²) in [7, 11) is 1.87. The van der Waals surface area contributed by atoms with Gasteiger partial charge in [0.1, 0.15) is 17.3 Å². The molecule has 2 aromatic heterocycles. The average molecular weight is 430 g/mol. The van der Waals surface area contributed by atoms with Gasteiger partial charge in [0, 0.05) is 37.0 Å². The van der Waals surface area contributed by atoms with Gasteiger partial charge in [-0.1, -0.05) is 0 Å². The zero-order chi connectivity index (χ0) is 18.9. The number of imidazole rings is 1. The number of aromatic nitrogens is 4. The fourth-order valence-electron chi connectivity index (χ4n) is 4.31. The molecule has 3 aromatic rings. The number of hydrogen-bond donors (Lipinski definition) is 1. The molecule has 6 nitrogen and oxygen atoms in total. The van der Waals surface area contributed by atoms with Crippen LogP contribution in [-0.2, 0) is 13.5 Å². The molecule has 2 N–H and O–H groups in total. The molecule has 1 fully saturated rings. The Morgan fingerprint density at radius 2 is 2.19 bits per heavy atom. The maximum Gasteiger partial charge on any atom is 0.269 e. The highest BCUT2D eigenvalue weighted by Gasteiger charge is 2.41. The van der Waals surface area contributed by atoms with Crippen molar-refractivity contribution in [2.24, 2.45) is 12.8 Å². The van der Waals surface area contributed by atoms with Crippen LogP contribution in [0.25, 0.3) is 11.4 Å². The number of halogens is 2. The van der Waals surface area contributed by atoms with Crippen molar-refractivity contribution in [3.63, 3.8) is 0 Å². The first-order chi connectivity index (χ1) is 12.9. The summed E-state index contributed by atoms with van der Waals surface area (Å²) in [6.45, 7) is 0. The summed E-state index contributed by atoms with van der Waals surface area (Å²) in [4.78, 5) is 16.8. The highest BCUT2D eigenvalue weighted by atomic mass is 79.9. The van der Waals surface area contributed by atoms with E-state index >= 15 is 0 Å². The molecule has 0 radical (unpaired) electrons. The molecule has 2 bridgehead atoms. The number of primary amides is 1. The zero-order valence-electron chi connectivity index (χ0n) is 14.6. The molecule has 3 aliphatic rings. The van der Waals surface area contributed by atoms with Gasteiger partial charge in [0.2, 0.25) is 0 Å². The molecule has 0 atom stereocenters. The molecule has 0 unspecified atom stereocenters. The third kappa shape index (κ3) is 2.39. The first-order valence-electron chi connectivity index (χ1n) is 8.81. The van der Waals surface area contributed by atoms with Crippen LogP contribution in [0.3, 0.4) is 0 Å². The second-order valence-corrected chi connectivity index (χ2v) is 8.12. The first-order valence-corrected chi connectivity index (χ1v) is 9.60. The molecular weight excluding hydrogens is 413 g/mol. The minimum atomic E-state index is -0.550. The molecule has 6 rings (SSSR count). The molecule has 1 aliphatic carbocycles. The molecular formula is C19H17BrFN5O. The number of carbonyl (C=O) groups excluding carboxylic acids is 1. The lowest BCUT2D eigenvalue weighted by Gasteiger charge is -2.35. The summed E-state index contributed by atoms with van der Waals surface area (Å²) in [6.07, 6.45) is 4.07. The van der Waals surface area contributed by atoms with Crippen LogP contribution in [0.4, 0.5) is 4.39 Å². The van der Waals surface area contributed by atoms with E-state index in [2.05, 4.69) is 30.6 Å². The van der Waals surface area contributed by atoms with Crippen molar-refractivity contribution < 1.29 is 9.18 Å². The summed E-state index contributed by atoms with van der Waals surface area (Å²) in [6, 6.07) is 5.52. The number of rotatable bonds is 3. The highest BCUT2D eigenvalue weighted by Crippen LogP contribution is 2.53. The maximum absolute atomic E-state index is 14.2. The third-order valence-corrected chi connectivity index (χ3v) is 6.37. The number of aryl methyl sites for hydroxylation is 1. The Morgan fingerprint density at radius 3 is 2.85 bits per heavy atom. The second-order valence-electron chi connectivity index (χ2n) is 7.26. The van der Waals surface area contributed by atoms with E-state index in [0.717, 1.165) is 35.4 Å². The quantitative estimate of drug-likeness (QED) is 0.693. The van der Waals surface area contributed by atoms with Gasteiger partial charge >= 0.3 is 0 Å². The number of carbonyl (C=O) groups is 1. The van der Waals surface area contributed by atoms with Crippen LogP contribution in [0.1, 0.15) is 52.2 Å². The maximum atomic E-state index is 14.2. The largest absolute Gasteiger partial charge is 0.364 e. The summed E-state index contributed by atoms with van der Waals surface area (Å²) < 4.78 is 18.5. The molecule has 0 spiro atoms. The Labute approximate surface area is 163 Å². The van der Waals surface area contributed by atoms with Crippen molar-refractivity contribution in [2.75, 3.05) is 0 Å². The van der Waals surface area contributed by atoms with E-state index in [1.54, 1.807) is 23.0 Å². The molecule has 1 aromatic carbocycles. The molecule has 138 valence electrons. The number of benzene rings is 1. The van der Waals surface area contributed by atoms with Gasteiger partial charge in [0.25, 0.3) is 5.91 Å². The third-order valence-electron chi connectivity index (χ3n) is 5.77. The van der Waals surface area contributed by atoms with Crippen molar-refractivity contribution >= 4 is 21.8 Å². The molecule has 4 heterocycles. The first kappa shape index (κ1) is 16.7. The summed E-state index contributed by atoms with van der Waals surface area (Å²) in [5, 5.41) is 4.21. The Morgan fingerprint density at radius 1 is 1.41 bits per heavy atom. The lowest BCUT2D eigenvalue weighted by molar-refractivity contribution is 0.0994. The number of hydrogen-bond acceptors (Lipinski definition) is 3. The van der Waals surface area contributed by atoms with E-state index in [9.17, 15) is 9.18 Å². The summed E-state index contributed by atoms with van der Waals surface area (Å²) in [5.41, 5.74) is 9.54. The van der Waals surface area contributed by atoms with Crippen molar-refractivity contribution in [3.8, 4) is 11.4 Å². The monoisotopic (exact) mass is 429 g/mol. The number of amides is 1. The Kier molecular flexibility index (Phi) is 3.56. The minimum absolute atomic E-state index is 0.239. The number of nitrogens with two attached hydrogens (primary N) is 1. The van der Waals surface area contributed by atoms with Crippen molar-refractivity contribution in [3.05, 3.63) is 57.3 Å². The fraction of sp³-hybridized carbons (Fsp3) is 0.316. The lowest BCUT2D eigenvalue weighted by atomic mass is 9.75. The Hall–Kier alpha value is -2.48. The van der Waals surface area contributed by atoms with Crippen molar-refractivity contribution in [2.45, 2.75) is 31.2 Å². The minimum Gasteiger partial charge on any atom is -0.364 e. The molecule has 1 amide bonds. The van der Waals surface area contributed by atoms with Gasteiger partial charge in [-0.2, -0.15) is 5.10 Å². The van der Waals surface area contributed by atoms with Gasteiger partial charge in [0.15, 0.2) is 0 Å². The Bertz CT molecular complexity index is 1100. The van der Waals surface area contributed by atoms with E-state index in [-0.39, 0.29) is 17.6 Å². The van der Waals surface area contributed by atoms with E-state index in [0.29, 0.717) is 22.6 Å². The van der Waals surface area contributed by atoms with Crippen LogP contribution in [-0.4, -0.2) is 25.2 Å². The standard InChI is InChI=1S/C19H17BrFN5O/c1-25-10(2-3-23-25)6-16-17(18(22)27)24-19-13-7-14(20)15(21)8-12(13)9-4-11(5-9)26(16)19/h2-3,7-9,11H,4-6H2,1H3,(H2,22,27). The van der Waals surface area contributed by atoms with Crippen LogP contribution >= 0.6 is 15.9 Å². The van der Waals surface area contributed by atoms with Gasteiger partial charge in [-0.3, -0.25) is 9.48 Å². The van der Waals surface area contributed by atoms with Gasteiger partial charge in [-0.05, 0) is 58.5 Å². The molecule has 0 saturated heterocycles. The van der Waals surface area contributed by atoms with E-state index in [1.807, 2.05) is 13.1 Å². The topological polar surface area (TPSA) is 78.7 Å². The molecule has 8 heteroatoms. The summed E-state index contributed by atoms with van der Waals surface area (Å²) >= 11 is 3.28. The van der Waals surface area contributed by atoms with Crippen LogP contribution in [0.15, 0.2) is 28.9 Å². The normalized spacial score (nSPS) is 19.8. The predicted octanol–water partition coefficient (Wildman–Crippen LogP) is 3.31. The predicted molar refractivity (Wildman–Crippen MR) is 101 cm³/mol. The van der Waals surface area contributed by atoms with Gasteiger partial charge in [-0.25, -0.2) is 9.37 Å². The lowest BCUT2D eigenvalue weighted by Crippen LogP contribution is -2.26. The van der Waals surface area contributed by atoms with Gasteiger partial charge < -0.3 is 10.3 Å². The van der Waals surface area contributed by atoms with Crippen LogP contribution < -0.4 is 5.73 Å². The second kappa shape index (κ2) is 5.76. The highest BCUT2D eigenvalue weighted by molar-refractivity contribution is 9.10. The molecule has 27 heavy (non-hydrogen) atoms. The SMILES string of the molecule is Cn1nccc1Cc1c(C(N)=O)nc2n1C1CC(C1)c1cc(F)c(Br)cc1-2. The van der Waals surface area contributed by atoms with Crippen LogP contribution in [0, 0.1) is 5.82 Å². The molecule has 1 saturated carbocycles. The average Bonchev–Trinajstić information content (AvgIpc) is 3.08.